The summed E-state index contributed by atoms with van der Waals surface area (Å²) in [6.07, 6.45) is 2.11. The minimum Gasteiger partial charge on any atom is -0.402 e. The van der Waals surface area contributed by atoms with Crippen LogP contribution < -0.4 is 16.4 Å². The molecule has 2 heterocycles. The molecule has 0 spiro atoms. The van der Waals surface area contributed by atoms with E-state index in [1.165, 1.54) is 0 Å². The van der Waals surface area contributed by atoms with Crippen molar-refractivity contribution in [2.75, 3.05) is 25.0 Å². The number of pyridine rings is 1. The molecule has 1 aromatic rings. The zero-order valence-electron chi connectivity index (χ0n) is 13.5. The molecule has 1 amide bonds. The van der Waals surface area contributed by atoms with Crippen LogP contribution in [0.5, 0.6) is 0 Å². The van der Waals surface area contributed by atoms with Crippen molar-refractivity contribution in [1.82, 2.24) is 10.3 Å². The van der Waals surface area contributed by atoms with Crippen LogP contribution in [-0.4, -0.2) is 36.3 Å². The maximum Gasteiger partial charge on any atom is 0.273 e. The van der Waals surface area contributed by atoms with Crippen LogP contribution in [0.2, 0.25) is 0 Å². The van der Waals surface area contributed by atoms with Gasteiger partial charge in [-0.15, -0.1) is 0 Å². The van der Waals surface area contributed by atoms with Gasteiger partial charge in [-0.2, -0.15) is 0 Å². The molecule has 0 bridgehead atoms. The van der Waals surface area contributed by atoms with Crippen LogP contribution in [0.25, 0.3) is 0 Å². The van der Waals surface area contributed by atoms with E-state index in [4.69, 9.17) is 15.9 Å². The largest absolute Gasteiger partial charge is 0.402 e. The lowest BCUT2D eigenvalue weighted by Crippen LogP contribution is -2.33. The smallest absolute Gasteiger partial charge is 0.273 e. The van der Waals surface area contributed by atoms with Crippen molar-refractivity contribution in [1.29, 1.82) is 5.41 Å². The van der Waals surface area contributed by atoms with Crippen molar-refractivity contribution in [3.05, 3.63) is 35.3 Å². The number of anilines is 1. The van der Waals surface area contributed by atoms with E-state index in [1.807, 2.05) is 13.0 Å². The number of carbonyl (C=O) groups excluding carboxylic acids is 1. The van der Waals surface area contributed by atoms with Crippen molar-refractivity contribution in [3.63, 3.8) is 0 Å². The maximum atomic E-state index is 12.1. The highest BCUT2D eigenvalue weighted by atomic mass is 16.5. The third kappa shape index (κ3) is 4.37. The van der Waals surface area contributed by atoms with E-state index in [9.17, 15) is 4.79 Å². The fourth-order valence-electron chi connectivity index (χ4n) is 2.21. The summed E-state index contributed by atoms with van der Waals surface area (Å²) in [6, 6.07) is 3.58. The second kappa shape index (κ2) is 7.85. The number of aromatic nitrogens is 1. The lowest BCUT2D eigenvalue weighted by Gasteiger charge is -2.23. The molecule has 1 aromatic heterocycles. The Bertz CT molecular complexity index is 603. The van der Waals surface area contributed by atoms with Crippen LogP contribution in [0.1, 0.15) is 32.1 Å². The topological polar surface area (TPSA) is 113 Å². The zero-order chi connectivity index (χ0) is 16.8. The fraction of sp³-hybridized carbons (Fsp3) is 0.438. The van der Waals surface area contributed by atoms with Gasteiger partial charge in [-0.05, 0) is 31.1 Å². The number of carbonyl (C=O) groups is 1. The average Bonchev–Trinajstić information content (AvgIpc) is 2.61. The molecule has 0 saturated carbocycles. The minimum absolute atomic E-state index is 0.0682. The fourth-order valence-corrected chi connectivity index (χ4v) is 2.21. The van der Waals surface area contributed by atoms with Crippen LogP contribution >= 0.6 is 0 Å². The van der Waals surface area contributed by atoms with E-state index in [1.54, 1.807) is 19.2 Å². The summed E-state index contributed by atoms with van der Waals surface area (Å²) < 4.78 is 5.63. The van der Waals surface area contributed by atoms with Gasteiger partial charge in [-0.25, -0.2) is 0 Å². The van der Waals surface area contributed by atoms with E-state index >= 15 is 0 Å². The molecule has 2 rings (SSSR count). The highest BCUT2D eigenvalue weighted by molar-refractivity contribution is 6.47. The second-order valence-electron chi connectivity index (χ2n) is 5.37. The van der Waals surface area contributed by atoms with E-state index in [0.717, 1.165) is 18.8 Å². The van der Waals surface area contributed by atoms with E-state index < -0.39 is 5.91 Å². The number of nitrogens with two attached hydrogens (primary N) is 1. The molecule has 7 nitrogen and oxygen atoms in total. The zero-order valence-corrected chi connectivity index (χ0v) is 13.5. The van der Waals surface area contributed by atoms with Gasteiger partial charge < -0.3 is 21.1 Å². The first-order valence-electron chi connectivity index (χ1n) is 7.66. The van der Waals surface area contributed by atoms with Crippen LogP contribution in [-0.2, 0) is 9.53 Å². The highest BCUT2D eigenvalue weighted by Gasteiger charge is 2.17. The van der Waals surface area contributed by atoms with Crippen molar-refractivity contribution >= 4 is 17.3 Å². The number of morpholine rings is 1. The number of hydrogen-bond acceptors (Lipinski definition) is 6. The van der Waals surface area contributed by atoms with Crippen molar-refractivity contribution in [2.45, 2.75) is 26.4 Å². The summed E-state index contributed by atoms with van der Waals surface area (Å²) in [7, 11) is 0. The van der Waals surface area contributed by atoms with E-state index in [0.29, 0.717) is 30.0 Å². The number of nitrogens with zero attached hydrogens (tertiary/aromatic N) is 1. The van der Waals surface area contributed by atoms with E-state index in [-0.39, 0.29) is 11.8 Å². The monoisotopic (exact) mass is 317 g/mol. The molecule has 0 aromatic carbocycles. The first-order chi connectivity index (χ1) is 11.0. The first kappa shape index (κ1) is 17.1. The molecule has 1 atom stereocenters. The summed E-state index contributed by atoms with van der Waals surface area (Å²) >= 11 is 0. The van der Waals surface area contributed by atoms with Gasteiger partial charge in [0.25, 0.3) is 5.91 Å². The summed E-state index contributed by atoms with van der Waals surface area (Å²) in [5.74, 6) is -0.496. The minimum atomic E-state index is -0.496. The van der Waals surface area contributed by atoms with Gasteiger partial charge in [-0.3, -0.25) is 15.2 Å². The van der Waals surface area contributed by atoms with Gasteiger partial charge in [0, 0.05) is 18.8 Å². The summed E-state index contributed by atoms with van der Waals surface area (Å²) in [4.78, 5) is 16.4. The Balaban J connectivity index is 2.00. The molecule has 7 heteroatoms. The average molecular weight is 317 g/mol. The molecule has 1 aliphatic heterocycles. The van der Waals surface area contributed by atoms with Gasteiger partial charge in [0.15, 0.2) is 0 Å². The van der Waals surface area contributed by atoms with Crippen molar-refractivity contribution in [3.8, 4) is 0 Å². The summed E-state index contributed by atoms with van der Waals surface area (Å²) in [5, 5.41) is 13.8. The Morgan fingerprint density at radius 2 is 2.35 bits per heavy atom. The third-order valence-corrected chi connectivity index (χ3v) is 3.77. The van der Waals surface area contributed by atoms with Crippen molar-refractivity contribution in [2.24, 2.45) is 5.73 Å². The van der Waals surface area contributed by atoms with Crippen LogP contribution in [0.4, 0.5) is 5.69 Å². The van der Waals surface area contributed by atoms with Crippen LogP contribution in [0.15, 0.2) is 29.6 Å². The predicted molar refractivity (Wildman–Crippen MR) is 89.3 cm³/mol. The lowest BCUT2D eigenvalue weighted by molar-refractivity contribution is -0.110. The highest BCUT2D eigenvalue weighted by Crippen LogP contribution is 2.18. The summed E-state index contributed by atoms with van der Waals surface area (Å²) in [5.41, 5.74) is 8.04. The Morgan fingerprint density at radius 1 is 1.57 bits per heavy atom. The Labute approximate surface area is 135 Å². The second-order valence-corrected chi connectivity index (χ2v) is 5.37. The molecule has 0 aliphatic carbocycles. The third-order valence-electron chi connectivity index (χ3n) is 3.77. The number of nitrogens with one attached hydrogen (secondary N) is 3. The van der Waals surface area contributed by atoms with Crippen LogP contribution in [0.3, 0.4) is 0 Å². The van der Waals surface area contributed by atoms with Crippen molar-refractivity contribution < 1.29 is 9.53 Å². The van der Waals surface area contributed by atoms with Gasteiger partial charge in [0.2, 0.25) is 0 Å². The maximum absolute atomic E-state index is 12.1. The SMILES string of the molecule is CC/C(N)=C(\C)C(=N)C(=O)Nc1ccc([C@H]2CNCCO2)nc1. The predicted octanol–water partition coefficient (Wildman–Crippen LogP) is 1.34. The quantitative estimate of drug-likeness (QED) is 0.612. The number of ether oxygens (including phenoxy) is 1. The van der Waals surface area contributed by atoms with Gasteiger partial charge in [0.1, 0.15) is 11.8 Å². The molecule has 23 heavy (non-hydrogen) atoms. The molecule has 1 fully saturated rings. The Kier molecular flexibility index (Phi) is 5.84. The molecule has 0 unspecified atom stereocenters. The Morgan fingerprint density at radius 3 is 2.91 bits per heavy atom. The molecule has 5 N–H and O–H groups in total. The number of hydrogen-bond donors (Lipinski definition) is 4. The number of allylic oxidation sites excluding steroid dienone is 1. The number of amides is 1. The first-order valence-corrected chi connectivity index (χ1v) is 7.66. The molecular formula is C16H23N5O2. The summed E-state index contributed by atoms with van der Waals surface area (Å²) in [6.45, 7) is 5.79. The molecular weight excluding hydrogens is 294 g/mol. The van der Waals surface area contributed by atoms with Gasteiger partial charge in [-0.1, -0.05) is 6.92 Å². The van der Waals surface area contributed by atoms with Gasteiger partial charge >= 0.3 is 0 Å². The van der Waals surface area contributed by atoms with E-state index in [2.05, 4.69) is 15.6 Å². The molecule has 1 aliphatic rings. The normalized spacial score (nSPS) is 19.0. The van der Waals surface area contributed by atoms with Crippen LogP contribution in [0, 0.1) is 5.41 Å². The Hall–Kier alpha value is -2.25. The molecule has 124 valence electrons. The molecule has 0 radical (unpaired) electrons. The molecule has 1 saturated heterocycles. The standard InChI is InChI=1S/C16H23N5O2/c1-3-12(17)10(2)15(18)16(22)21-11-4-5-13(20-8-11)14-9-19-6-7-23-14/h4-5,8,14,18-19H,3,6-7,9,17H2,1-2H3,(H,21,22)/b12-10-,18-15?/t14-/m1/s1. The lowest BCUT2D eigenvalue weighted by atomic mass is 10.1. The number of rotatable bonds is 5. The van der Waals surface area contributed by atoms with Gasteiger partial charge in [0.05, 0.1) is 24.2 Å².